The fourth-order valence-electron chi connectivity index (χ4n) is 2.37. The molecule has 1 amide bonds. The van der Waals surface area contributed by atoms with Crippen LogP contribution in [-0.4, -0.2) is 45.6 Å². The van der Waals surface area contributed by atoms with Crippen LogP contribution in [0.15, 0.2) is 47.4 Å². The third-order valence-corrected chi connectivity index (χ3v) is 6.12. The molecule has 0 radical (unpaired) electrons. The maximum atomic E-state index is 13.6. The van der Waals surface area contributed by atoms with E-state index < -0.39 is 21.4 Å². The highest BCUT2D eigenvalue weighted by molar-refractivity contribution is 7.98. The van der Waals surface area contributed by atoms with Crippen molar-refractivity contribution in [2.75, 3.05) is 25.5 Å². The number of likely N-dealkylation sites (N-methyl/N-ethyl adjacent to an activating group) is 1. The molecule has 2 aromatic carbocycles. The number of aliphatic hydroxyl groups excluding tert-OH is 1. The van der Waals surface area contributed by atoms with Crippen molar-refractivity contribution in [3.63, 3.8) is 0 Å². The van der Waals surface area contributed by atoms with Crippen LogP contribution in [0.2, 0.25) is 0 Å². The molecular formula is C19H20FN3O3S. The molecule has 1 atom stereocenters. The van der Waals surface area contributed by atoms with Crippen molar-refractivity contribution >= 4 is 27.2 Å². The molecule has 2 rings (SSSR count). The second-order valence-corrected chi connectivity index (χ2v) is 8.20. The Kier molecular flexibility index (Phi) is 6.69. The molecular weight excluding hydrogens is 369 g/mol. The average Bonchev–Trinajstić information content (AvgIpc) is 2.65. The molecule has 0 fully saturated rings. The third-order valence-electron chi connectivity index (χ3n) is 3.94. The summed E-state index contributed by atoms with van der Waals surface area (Å²) in [5.41, 5.74) is 0.818. The van der Waals surface area contributed by atoms with Crippen LogP contribution in [0.1, 0.15) is 15.9 Å². The molecule has 0 bridgehead atoms. The van der Waals surface area contributed by atoms with Gasteiger partial charge in [0.15, 0.2) is 0 Å². The molecule has 0 aromatic heterocycles. The summed E-state index contributed by atoms with van der Waals surface area (Å²) < 4.78 is 27.9. The predicted molar refractivity (Wildman–Crippen MR) is 104 cm³/mol. The van der Waals surface area contributed by atoms with Crippen molar-refractivity contribution in [2.24, 2.45) is 0 Å². The van der Waals surface area contributed by atoms with Gasteiger partial charge in [0.1, 0.15) is 5.82 Å². The van der Waals surface area contributed by atoms with Crippen LogP contribution in [0.3, 0.4) is 0 Å². The largest absolute Gasteiger partial charge is 0.395 e. The lowest BCUT2D eigenvalue weighted by atomic mass is 10.1. The minimum atomic E-state index is -2.84. The molecule has 2 aromatic rings. The summed E-state index contributed by atoms with van der Waals surface area (Å²) >= 11 is 0. The second kappa shape index (κ2) is 8.77. The Morgan fingerprint density at radius 3 is 2.78 bits per heavy atom. The predicted octanol–water partition coefficient (Wildman–Crippen LogP) is 2.41. The Morgan fingerprint density at radius 2 is 2.11 bits per heavy atom. The van der Waals surface area contributed by atoms with Gasteiger partial charge < -0.3 is 15.3 Å². The van der Waals surface area contributed by atoms with Crippen molar-refractivity contribution in [1.29, 1.82) is 0 Å². The highest BCUT2D eigenvalue weighted by atomic mass is 32.2. The van der Waals surface area contributed by atoms with E-state index in [1.165, 1.54) is 28.6 Å². The highest BCUT2D eigenvalue weighted by Crippen LogP contribution is 2.19. The zero-order chi connectivity index (χ0) is 20.0. The average molecular weight is 389 g/mol. The van der Waals surface area contributed by atoms with E-state index in [1.807, 2.05) is 0 Å². The first-order chi connectivity index (χ1) is 12.8. The number of rotatable bonds is 7. The quantitative estimate of drug-likeness (QED) is 0.564. The number of hydrogen-bond acceptors (Lipinski definition) is 3. The molecule has 0 saturated heterocycles. The van der Waals surface area contributed by atoms with Crippen molar-refractivity contribution in [3.8, 4) is 0 Å². The number of amides is 1. The number of aliphatic hydroxyl groups is 1. The Hall–Kier alpha value is -2.73. The van der Waals surface area contributed by atoms with E-state index in [4.69, 9.17) is 11.7 Å². The molecule has 0 spiro atoms. The Bertz CT molecular complexity index is 984. The number of carbonyl (C=O) groups is 1. The molecule has 0 aliphatic carbocycles. The van der Waals surface area contributed by atoms with E-state index in [0.29, 0.717) is 10.6 Å². The fourth-order valence-corrected chi connectivity index (χ4v) is 3.70. The van der Waals surface area contributed by atoms with Crippen LogP contribution in [-0.2, 0) is 16.3 Å². The maximum absolute atomic E-state index is 13.6. The van der Waals surface area contributed by atoms with Crippen LogP contribution in [0, 0.1) is 12.4 Å². The maximum Gasteiger partial charge on any atom is 0.255 e. The summed E-state index contributed by atoms with van der Waals surface area (Å²) in [5, 5.41) is 11.7. The van der Waals surface area contributed by atoms with Crippen LogP contribution in [0.5, 0.6) is 0 Å². The Morgan fingerprint density at radius 1 is 1.37 bits per heavy atom. The van der Waals surface area contributed by atoms with Crippen LogP contribution < -0.4 is 5.32 Å². The van der Waals surface area contributed by atoms with E-state index in [-0.39, 0.29) is 30.8 Å². The molecule has 2 N–H and O–H groups in total. The summed E-state index contributed by atoms with van der Waals surface area (Å²) in [6, 6.07) is 10.2. The van der Waals surface area contributed by atoms with Gasteiger partial charge in [-0.2, -0.15) is 0 Å². The van der Waals surface area contributed by atoms with Gasteiger partial charge in [-0.1, -0.05) is 6.07 Å². The summed E-state index contributed by atoms with van der Waals surface area (Å²) in [4.78, 5) is 16.0. The van der Waals surface area contributed by atoms with Gasteiger partial charge >= 0.3 is 0 Å². The van der Waals surface area contributed by atoms with Gasteiger partial charge in [-0.3, -0.25) is 4.79 Å². The molecule has 0 aliphatic rings. The van der Waals surface area contributed by atoms with Crippen molar-refractivity contribution in [2.45, 2.75) is 11.4 Å². The first-order valence-corrected chi connectivity index (χ1v) is 9.70. The van der Waals surface area contributed by atoms with Crippen molar-refractivity contribution < 1.29 is 18.5 Å². The number of anilines is 1. The van der Waals surface area contributed by atoms with Gasteiger partial charge in [-0.05, 0) is 49.3 Å². The number of benzene rings is 2. The van der Waals surface area contributed by atoms with Crippen molar-refractivity contribution in [3.05, 3.63) is 70.8 Å². The van der Waals surface area contributed by atoms with E-state index in [2.05, 4.69) is 16.0 Å². The standard InChI is InChI=1S/C19H20FN3O3S/c1-21-13-15-11-16(7-8-18(15)20)22-19(25)14-5-4-6-17(12-14)27(3,26)23(2)9-10-24/h4-8,11-12,24H,3,9-10,13H2,2H3,(H,22,25). The summed E-state index contributed by atoms with van der Waals surface area (Å²) in [6.45, 7) is 6.74. The number of nitrogens with one attached hydrogen (secondary N) is 1. The minimum absolute atomic E-state index is 0.119. The van der Waals surface area contributed by atoms with Crippen LogP contribution in [0.25, 0.3) is 4.85 Å². The Labute approximate surface area is 158 Å². The summed E-state index contributed by atoms with van der Waals surface area (Å²) in [5.74, 6) is 2.76. The third kappa shape index (κ3) is 4.92. The zero-order valence-electron chi connectivity index (χ0n) is 14.8. The fraction of sp³-hybridized carbons (Fsp3) is 0.211. The highest BCUT2D eigenvalue weighted by Gasteiger charge is 2.16. The molecule has 0 heterocycles. The smallest absolute Gasteiger partial charge is 0.255 e. The van der Waals surface area contributed by atoms with E-state index in [1.54, 1.807) is 25.2 Å². The van der Waals surface area contributed by atoms with Gasteiger partial charge in [0, 0.05) is 22.7 Å². The normalized spacial score (nSPS) is 13.0. The molecule has 0 aliphatic heterocycles. The van der Waals surface area contributed by atoms with Gasteiger partial charge in [0.25, 0.3) is 5.91 Å². The van der Waals surface area contributed by atoms with Crippen molar-refractivity contribution in [1.82, 2.24) is 4.31 Å². The lowest BCUT2D eigenvalue weighted by Crippen LogP contribution is -2.29. The summed E-state index contributed by atoms with van der Waals surface area (Å²) in [7, 11) is -1.26. The first-order valence-electron chi connectivity index (χ1n) is 8.02. The summed E-state index contributed by atoms with van der Waals surface area (Å²) in [6.07, 6.45) is 0. The monoisotopic (exact) mass is 389 g/mol. The molecule has 6 nitrogen and oxygen atoms in total. The second-order valence-electron chi connectivity index (χ2n) is 5.82. The van der Waals surface area contributed by atoms with Crippen LogP contribution in [0.4, 0.5) is 10.1 Å². The van der Waals surface area contributed by atoms with Crippen LogP contribution >= 0.6 is 0 Å². The van der Waals surface area contributed by atoms with E-state index in [9.17, 15) is 13.4 Å². The van der Waals surface area contributed by atoms with E-state index in [0.717, 1.165) is 0 Å². The van der Waals surface area contributed by atoms with Gasteiger partial charge in [0.2, 0.25) is 6.54 Å². The van der Waals surface area contributed by atoms with Gasteiger partial charge in [0.05, 0.1) is 21.9 Å². The molecule has 1 unspecified atom stereocenters. The topological polar surface area (TPSA) is 74.0 Å². The van der Waals surface area contributed by atoms with Gasteiger partial charge in [-0.25, -0.2) is 19.5 Å². The van der Waals surface area contributed by atoms with Gasteiger partial charge in [-0.15, -0.1) is 0 Å². The number of hydrogen-bond donors (Lipinski definition) is 2. The van der Waals surface area contributed by atoms with E-state index >= 15 is 0 Å². The number of carbonyl (C=O) groups excluding carboxylic acids is 1. The lowest BCUT2D eigenvalue weighted by molar-refractivity contribution is 0.102. The number of halogens is 1. The molecule has 142 valence electrons. The SMILES string of the molecule is [C-]#[N+]Cc1cc(NC(=O)c2cccc(S(=C)(=O)N(C)CCO)c2)ccc1F. The minimum Gasteiger partial charge on any atom is -0.395 e. The number of nitrogens with zero attached hydrogens (tertiary/aromatic N) is 2. The molecule has 27 heavy (non-hydrogen) atoms. The first kappa shape index (κ1) is 20.6. The zero-order valence-corrected chi connectivity index (χ0v) is 15.6. The Balaban J connectivity index is 2.26. The molecule has 0 saturated carbocycles. The molecule has 8 heteroatoms. The lowest BCUT2D eigenvalue weighted by Gasteiger charge is -2.21.